The summed E-state index contributed by atoms with van der Waals surface area (Å²) in [6, 6.07) is 0.847. The molecule has 1 fully saturated rings. The highest BCUT2D eigenvalue weighted by molar-refractivity contribution is 4.81. The van der Waals surface area contributed by atoms with Gasteiger partial charge in [0.1, 0.15) is 0 Å². The molecular weight excluding hydrogens is 208 g/mol. The maximum atomic E-state index is 3.59. The van der Waals surface area contributed by atoms with Crippen molar-refractivity contribution in [3.8, 4) is 0 Å². The van der Waals surface area contributed by atoms with Gasteiger partial charge in [-0.25, -0.2) is 0 Å². The van der Waals surface area contributed by atoms with Crippen molar-refractivity contribution in [1.29, 1.82) is 0 Å². The van der Waals surface area contributed by atoms with E-state index in [9.17, 15) is 0 Å². The Morgan fingerprint density at radius 2 is 1.82 bits per heavy atom. The van der Waals surface area contributed by atoms with E-state index in [4.69, 9.17) is 0 Å². The summed E-state index contributed by atoms with van der Waals surface area (Å²) in [5.41, 5.74) is 0.381. The minimum atomic E-state index is 0.381. The molecule has 1 rings (SSSR count). The summed E-state index contributed by atoms with van der Waals surface area (Å²) in [5, 5.41) is 3.59. The lowest BCUT2D eigenvalue weighted by atomic mass is 9.92. The third kappa shape index (κ3) is 5.87. The first-order chi connectivity index (χ1) is 7.91. The average molecular weight is 240 g/mol. The number of hydrogen-bond donors (Lipinski definition) is 1. The zero-order chi connectivity index (χ0) is 12.9. The SMILES string of the molecule is CC(C)CNCC(C)(C)CN(C)C1CCCC1. The molecular formula is C15H32N2. The van der Waals surface area contributed by atoms with Crippen molar-refractivity contribution in [2.45, 2.75) is 59.4 Å². The molecule has 102 valence electrons. The Bertz CT molecular complexity index is 205. The van der Waals surface area contributed by atoms with Gasteiger partial charge in [-0.05, 0) is 37.8 Å². The van der Waals surface area contributed by atoms with Crippen LogP contribution in [-0.4, -0.2) is 37.6 Å². The van der Waals surface area contributed by atoms with E-state index < -0.39 is 0 Å². The first kappa shape index (κ1) is 15.0. The van der Waals surface area contributed by atoms with Gasteiger partial charge < -0.3 is 10.2 Å². The molecule has 17 heavy (non-hydrogen) atoms. The molecule has 1 aliphatic carbocycles. The Morgan fingerprint density at radius 1 is 1.24 bits per heavy atom. The van der Waals surface area contributed by atoms with Gasteiger partial charge in [0.2, 0.25) is 0 Å². The van der Waals surface area contributed by atoms with E-state index in [-0.39, 0.29) is 0 Å². The fraction of sp³-hybridized carbons (Fsp3) is 1.00. The lowest BCUT2D eigenvalue weighted by molar-refractivity contribution is 0.158. The lowest BCUT2D eigenvalue weighted by Gasteiger charge is -2.34. The maximum absolute atomic E-state index is 3.59. The number of nitrogens with one attached hydrogen (secondary N) is 1. The highest BCUT2D eigenvalue weighted by Gasteiger charge is 2.25. The van der Waals surface area contributed by atoms with Gasteiger partial charge in [0.25, 0.3) is 0 Å². The maximum Gasteiger partial charge on any atom is 0.00924 e. The molecule has 0 spiro atoms. The molecule has 0 saturated heterocycles. The van der Waals surface area contributed by atoms with E-state index in [1.807, 2.05) is 0 Å². The Morgan fingerprint density at radius 3 is 2.35 bits per heavy atom. The van der Waals surface area contributed by atoms with Gasteiger partial charge in [-0.2, -0.15) is 0 Å². The van der Waals surface area contributed by atoms with E-state index in [2.05, 4.69) is 45.0 Å². The molecule has 0 aliphatic heterocycles. The highest BCUT2D eigenvalue weighted by atomic mass is 15.1. The summed E-state index contributed by atoms with van der Waals surface area (Å²) in [4.78, 5) is 2.59. The molecule has 0 aromatic rings. The molecule has 2 heteroatoms. The molecule has 1 aliphatic rings. The van der Waals surface area contributed by atoms with Crippen LogP contribution in [0.1, 0.15) is 53.4 Å². The summed E-state index contributed by atoms with van der Waals surface area (Å²) in [6.45, 7) is 12.8. The van der Waals surface area contributed by atoms with Crippen LogP contribution in [0.15, 0.2) is 0 Å². The minimum Gasteiger partial charge on any atom is -0.316 e. The van der Waals surface area contributed by atoms with Crippen LogP contribution in [0.4, 0.5) is 0 Å². The van der Waals surface area contributed by atoms with Crippen molar-refractivity contribution < 1.29 is 0 Å². The fourth-order valence-electron chi connectivity index (χ4n) is 2.90. The monoisotopic (exact) mass is 240 g/mol. The van der Waals surface area contributed by atoms with Crippen molar-refractivity contribution in [3.05, 3.63) is 0 Å². The summed E-state index contributed by atoms with van der Waals surface area (Å²) in [7, 11) is 2.31. The topological polar surface area (TPSA) is 15.3 Å². The Kier molecular flexibility index (Phi) is 5.94. The molecule has 1 saturated carbocycles. The van der Waals surface area contributed by atoms with Crippen molar-refractivity contribution >= 4 is 0 Å². The molecule has 0 heterocycles. The third-order valence-electron chi connectivity index (χ3n) is 3.78. The van der Waals surface area contributed by atoms with Crippen LogP contribution < -0.4 is 5.32 Å². The summed E-state index contributed by atoms with van der Waals surface area (Å²) < 4.78 is 0. The first-order valence-electron chi connectivity index (χ1n) is 7.32. The van der Waals surface area contributed by atoms with Crippen molar-refractivity contribution in [2.24, 2.45) is 11.3 Å². The Balaban J connectivity index is 2.26. The van der Waals surface area contributed by atoms with E-state index in [1.54, 1.807) is 0 Å². The quantitative estimate of drug-likeness (QED) is 0.735. The van der Waals surface area contributed by atoms with Gasteiger partial charge in [-0.3, -0.25) is 0 Å². The second-order valence-electron chi connectivity index (χ2n) is 7.04. The van der Waals surface area contributed by atoms with Crippen LogP contribution >= 0.6 is 0 Å². The lowest BCUT2D eigenvalue weighted by Crippen LogP contribution is -2.42. The van der Waals surface area contributed by atoms with Crippen molar-refractivity contribution in [1.82, 2.24) is 10.2 Å². The van der Waals surface area contributed by atoms with E-state index in [0.717, 1.165) is 25.0 Å². The van der Waals surface area contributed by atoms with Gasteiger partial charge in [0.15, 0.2) is 0 Å². The zero-order valence-electron chi connectivity index (χ0n) is 12.6. The number of hydrogen-bond acceptors (Lipinski definition) is 2. The Labute approximate surface area is 108 Å². The average Bonchev–Trinajstić information content (AvgIpc) is 2.68. The normalized spacial score (nSPS) is 18.5. The van der Waals surface area contributed by atoms with Crippen LogP contribution in [0, 0.1) is 11.3 Å². The van der Waals surface area contributed by atoms with Gasteiger partial charge in [-0.15, -0.1) is 0 Å². The highest BCUT2D eigenvalue weighted by Crippen LogP contribution is 2.25. The predicted molar refractivity (Wildman–Crippen MR) is 76.4 cm³/mol. The molecule has 1 N–H and O–H groups in total. The second kappa shape index (κ2) is 6.75. The number of nitrogens with zero attached hydrogens (tertiary/aromatic N) is 1. The summed E-state index contributed by atoms with van der Waals surface area (Å²) in [5.74, 6) is 0.748. The Hall–Kier alpha value is -0.0800. The van der Waals surface area contributed by atoms with E-state index >= 15 is 0 Å². The third-order valence-corrected chi connectivity index (χ3v) is 3.78. The smallest absolute Gasteiger partial charge is 0.00924 e. The van der Waals surface area contributed by atoms with Gasteiger partial charge in [0, 0.05) is 19.1 Å². The molecule has 0 amide bonds. The molecule has 0 unspecified atom stereocenters. The predicted octanol–water partition coefficient (Wildman–Crippen LogP) is 3.13. The second-order valence-corrected chi connectivity index (χ2v) is 7.04. The zero-order valence-corrected chi connectivity index (χ0v) is 12.6. The van der Waals surface area contributed by atoms with Crippen LogP contribution in [0.25, 0.3) is 0 Å². The largest absolute Gasteiger partial charge is 0.316 e. The van der Waals surface area contributed by atoms with Crippen LogP contribution in [0.3, 0.4) is 0 Å². The minimum absolute atomic E-state index is 0.381. The molecule has 0 aromatic carbocycles. The van der Waals surface area contributed by atoms with Gasteiger partial charge in [0.05, 0.1) is 0 Å². The molecule has 0 radical (unpaired) electrons. The fourth-order valence-corrected chi connectivity index (χ4v) is 2.90. The molecule has 2 nitrogen and oxygen atoms in total. The summed E-state index contributed by atoms with van der Waals surface area (Å²) in [6.07, 6.45) is 5.68. The summed E-state index contributed by atoms with van der Waals surface area (Å²) >= 11 is 0. The van der Waals surface area contributed by atoms with E-state index in [0.29, 0.717) is 5.41 Å². The van der Waals surface area contributed by atoms with Crippen molar-refractivity contribution in [2.75, 3.05) is 26.7 Å². The van der Waals surface area contributed by atoms with E-state index in [1.165, 1.54) is 32.2 Å². The van der Waals surface area contributed by atoms with Crippen molar-refractivity contribution in [3.63, 3.8) is 0 Å². The number of rotatable bonds is 7. The van der Waals surface area contributed by atoms with Crippen LogP contribution in [0.5, 0.6) is 0 Å². The first-order valence-corrected chi connectivity index (χ1v) is 7.32. The van der Waals surface area contributed by atoms with Gasteiger partial charge >= 0.3 is 0 Å². The standard InChI is InChI=1S/C15H32N2/c1-13(2)10-16-11-15(3,4)12-17(5)14-8-6-7-9-14/h13-14,16H,6-12H2,1-5H3. The van der Waals surface area contributed by atoms with Crippen LogP contribution in [0.2, 0.25) is 0 Å². The molecule has 0 bridgehead atoms. The van der Waals surface area contributed by atoms with Crippen LogP contribution in [-0.2, 0) is 0 Å². The van der Waals surface area contributed by atoms with Gasteiger partial charge in [-0.1, -0.05) is 40.5 Å². The molecule has 0 aromatic heterocycles. The molecule has 0 atom stereocenters.